The smallest absolute Gasteiger partial charge is 0.229 e. The molecule has 3 aliphatic rings. The van der Waals surface area contributed by atoms with Gasteiger partial charge in [-0.1, -0.05) is 48.5 Å². The quantitative estimate of drug-likeness (QED) is 0.153. The summed E-state index contributed by atoms with van der Waals surface area (Å²) < 4.78 is 0. The van der Waals surface area contributed by atoms with Crippen molar-refractivity contribution in [1.82, 2.24) is 49.7 Å². The number of carbonyl (C=O) groups excluding carboxylic acids is 2. The SMILES string of the molecule is O=C(Cc1cnc[nH]1)N1CCC[C@H]1c1ncc(-c2ccc(-c3ccc(-c4cnc([C@H]5[C@H]6CC[C@@H](C6)N5C(=O)Cc5cnc[nH]5)[nH]4)cc3)cc2)[nH]1. The van der Waals surface area contributed by atoms with Crippen LogP contribution in [0.25, 0.3) is 33.6 Å². The van der Waals surface area contributed by atoms with Crippen LogP contribution in [0.15, 0.2) is 86.0 Å². The zero-order valence-electron chi connectivity index (χ0n) is 27.5. The van der Waals surface area contributed by atoms with Gasteiger partial charge in [0.15, 0.2) is 0 Å². The molecule has 0 spiro atoms. The Bertz CT molecular complexity index is 2100. The number of rotatable bonds is 9. The Morgan fingerprint density at radius 3 is 1.88 bits per heavy atom. The van der Waals surface area contributed by atoms with Crippen molar-refractivity contribution < 1.29 is 9.59 Å². The Morgan fingerprint density at radius 2 is 1.26 bits per heavy atom. The lowest BCUT2D eigenvalue weighted by Crippen LogP contribution is -2.41. The first-order chi connectivity index (χ1) is 24.6. The van der Waals surface area contributed by atoms with Gasteiger partial charge in [-0.15, -0.1) is 0 Å². The molecule has 6 aromatic rings. The molecule has 12 heteroatoms. The number of nitrogens with zero attached hydrogens (tertiary/aromatic N) is 6. The molecular weight excluding hydrogens is 628 g/mol. The van der Waals surface area contributed by atoms with Gasteiger partial charge >= 0.3 is 0 Å². The fraction of sp³-hybridized carbons (Fsp3) is 0.316. The second-order valence-electron chi connectivity index (χ2n) is 13.7. The standard InChI is InChI=1S/C38H38N10O2/c49-34(15-28-17-39-21-43-28)47-13-1-2-33(47)37-41-19-31(45-37)25-7-3-23(4-8-25)24-5-9-26(10-6-24)32-20-42-38(46-32)36-27-11-12-30(14-27)48(36)35(50)16-29-18-40-22-44-29/h3-10,17-22,27,30,33,36H,1-2,11-16H2,(H,39,43)(H,40,44)(H,41,45)(H,42,46)/t27-,30-,33-,36+/m0/s1. The molecule has 2 aliphatic heterocycles. The topological polar surface area (TPSA) is 155 Å². The van der Waals surface area contributed by atoms with Crippen molar-refractivity contribution in [2.45, 2.75) is 63.1 Å². The summed E-state index contributed by atoms with van der Waals surface area (Å²) in [6.45, 7) is 0.733. The first-order valence-corrected chi connectivity index (χ1v) is 17.4. The van der Waals surface area contributed by atoms with Gasteiger partial charge in [0.05, 0.1) is 61.4 Å². The van der Waals surface area contributed by atoms with Gasteiger partial charge < -0.3 is 29.7 Å². The van der Waals surface area contributed by atoms with Crippen molar-refractivity contribution in [1.29, 1.82) is 0 Å². The van der Waals surface area contributed by atoms with Crippen molar-refractivity contribution in [3.05, 3.63) is 109 Å². The maximum absolute atomic E-state index is 13.4. The van der Waals surface area contributed by atoms with Gasteiger partial charge in [-0.25, -0.2) is 19.9 Å². The van der Waals surface area contributed by atoms with Crippen molar-refractivity contribution in [3.8, 4) is 33.6 Å². The van der Waals surface area contributed by atoms with Crippen molar-refractivity contribution in [2.24, 2.45) is 5.92 Å². The lowest BCUT2D eigenvalue weighted by atomic mass is 9.97. The van der Waals surface area contributed by atoms with E-state index in [1.54, 1.807) is 25.0 Å². The largest absolute Gasteiger partial charge is 0.348 e. The van der Waals surface area contributed by atoms with Gasteiger partial charge in [0.2, 0.25) is 11.8 Å². The minimum Gasteiger partial charge on any atom is -0.348 e. The molecule has 1 saturated carbocycles. The molecule has 4 aromatic heterocycles. The molecule has 2 saturated heterocycles. The number of hydrogen-bond donors (Lipinski definition) is 4. The Kier molecular flexibility index (Phi) is 7.63. The molecule has 2 bridgehead atoms. The minimum absolute atomic E-state index is 0.0196. The molecule has 4 N–H and O–H groups in total. The summed E-state index contributed by atoms with van der Waals surface area (Å²) in [6.07, 6.45) is 16.1. The van der Waals surface area contributed by atoms with Crippen LogP contribution in [0, 0.1) is 5.92 Å². The van der Waals surface area contributed by atoms with Crippen LogP contribution in [0.4, 0.5) is 0 Å². The number of imidazole rings is 4. The number of likely N-dealkylation sites (tertiary alicyclic amines) is 2. The van der Waals surface area contributed by atoms with Crippen LogP contribution in [0.2, 0.25) is 0 Å². The third-order valence-corrected chi connectivity index (χ3v) is 10.8. The average molecular weight is 667 g/mol. The highest BCUT2D eigenvalue weighted by molar-refractivity contribution is 5.80. The van der Waals surface area contributed by atoms with E-state index in [1.807, 2.05) is 17.3 Å². The highest BCUT2D eigenvalue weighted by atomic mass is 16.2. The maximum atomic E-state index is 13.4. The first kappa shape index (κ1) is 30.3. The minimum atomic E-state index is -0.0508. The molecular formula is C38H38N10O2. The van der Waals surface area contributed by atoms with Crippen LogP contribution in [0.3, 0.4) is 0 Å². The molecule has 1 aliphatic carbocycles. The van der Waals surface area contributed by atoms with E-state index in [4.69, 9.17) is 4.98 Å². The van der Waals surface area contributed by atoms with Gasteiger partial charge in [0.1, 0.15) is 11.6 Å². The van der Waals surface area contributed by atoms with Gasteiger partial charge in [-0.3, -0.25) is 9.59 Å². The number of fused-ring (bicyclic) bond motifs is 2. The third kappa shape index (κ3) is 5.60. The van der Waals surface area contributed by atoms with Crippen LogP contribution < -0.4 is 0 Å². The van der Waals surface area contributed by atoms with Crippen LogP contribution in [0.5, 0.6) is 0 Å². The predicted molar refractivity (Wildman–Crippen MR) is 186 cm³/mol. The van der Waals surface area contributed by atoms with E-state index in [0.29, 0.717) is 18.8 Å². The van der Waals surface area contributed by atoms with Crippen molar-refractivity contribution in [2.75, 3.05) is 6.54 Å². The summed E-state index contributed by atoms with van der Waals surface area (Å²) in [5.74, 6) is 2.34. The Balaban J connectivity index is 0.867. The molecule has 6 heterocycles. The summed E-state index contributed by atoms with van der Waals surface area (Å²) in [4.78, 5) is 61.1. The first-order valence-electron chi connectivity index (χ1n) is 17.4. The monoisotopic (exact) mass is 666 g/mol. The lowest BCUT2D eigenvalue weighted by Gasteiger charge is -2.34. The lowest BCUT2D eigenvalue weighted by molar-refractivity contribution is -0.135. The van der Waals surface area contributed by atoms with E-state index in [-0.39, 0.29) is 29.9 Å². The zero-order valence-corrected chi connectivity index (χ0v) is 27.5. The molecule has 252 valence electrons. The van der Waals surface area contributed by atoms with E-state index in [1.165, 1.54) is 0 Å². The Morgan fingerprint density at radius 1 is 0.680 bits per heavy atom. The second kappa shape index (κ2) is 12.6. The predicted octanol–water partition coefficient (Wildman–Crippen LogP) is 5.78. The zero-order chi connectivity index (χ0) is 33.6. The van der Waals surface area contributed by atoms with Crippen LogP contribution in [-0.4, -0.2) is 74.1 Å². The molecule has 3 fully saturated rings. The van der Waals surface area contributed by atoms with Gasteiger partial charge in [0.25, 0.3) is 0 Å². The summed E-state index contributed by atoms with van der Waals surface area (Å²) >= 11 is 0. The highest BCUT2D eigenvalue weighted by Gasteiger charge is 2.49. The summed E-state index contributed by atoms with van der Waals surface area (Å²) in [5, 5.41) is 0. The fourth-order valence-corrected chi connectivity index (χ4v) is 8.30. The van der Waals surface area contributed by atoms with E-state index >= 15 is 0 Å². The van der Waals surface area contributed by atoms with E-state index < -0.39 is 0 Å². The third-order valence-electron chi connectivity index (χ3n) is 10.8. The number of carbonyl (C=O) groups is 2. The number of H-pyrrole nitrogens is 4. The summed E-state index contributed by atoms with van der Waals surface area (Å²) in [6, 6.07) is 17.2. The number of hydrogen-bond acceptors (Lipinski definition) is 6. The Hall–Kier alpha value is -5.78. The van der Waals surface area contributed by atoms with Crippen LogP contribution in [-0.2, 0) is 22.4 Å². The summed E-state index contributed by atoms with van der Waals surface area (Å²) in [5.41, 5.74) is 7.87. The van der Waals surface area contributed by atoms with E-state index in [9.17, 15) is 9.59 Å². The number of amides is 2. The van der Waals surface area contributed by atoms with E-state index in [0.717, 1.165) is 95.3 Å². The van der Waals surface area contributed by atoms with Gasteiger partial charge in [-0.05, 0) is 60.3 Å². The number of aromatic amines is 4. The summed E-state index contributed by atoms with van der Waals surface area (Å²) in [7, 11) is 0. The molecule has 2 amide bonds. The Labute approximate surface area is 288 Å². The van der Waals surface area contributed by atoms with Gasteiger partial charge in [0, 0.05) is 36.4 Å². The molecule has 9 rings (SSSR count). The van der Waals surface area contributed by atoms with Crippen LogP contribution in [0.1, 0.15) is 67.2 Å². The normalized spacial score (nSPS) is 21.4. The van der Waals surface area contributed by atoms with Gasteiger partial charge in [-0.2, -0.15) is 0 Å². The molecule has 50 heavy (non-hydrogen) atoms. The molecule has 12 nitrogen and oxygen atoms in total. The number of benzene rings is 2. The number of nitrogens with one attached hydrogen (secondary N) is 4. The highest BCUT2D eigenvalue weighted by Crippen LogP contribution is 2.50. The van der Waals surface area contributed by atoms with Crippen molar-refractivity contribution >= 4 is 11.8 Å². The fourth-order valence-electron chi connectivity index (χ4n) is 8.30. The molecule has 0 unspecified atom stereocenters. The average Bonchev–Trinajstić information content (AvgIpc) is 4.00. The van der Waals surface area contributed by atoms with Crippen molar-refractivity contribution in [3.63, 3.8) is 0 Å². The number of aromatic nitrogens is 8. The second-order valence-corrected chi connectivity index (χ2v) is 13.7. The molecule has 0 radical (unpaired) electrons. The molecule has 4 atom stereocenters. The number of piperidine rings is 1. The molecule has 2 aromatic carbocycles. The van der Waals surface area contributed by atoms with Crippen LogP contribution >= 0.6 is 0 Å². The maximum Gasteiger partial charge on any atom is 0.229 e. The van der Waals surface area contributed by atoms with E-state index in [2.05, 4.69) is 88.3 Å².